The normalized spacial score (nSPS) is 23.6. The van der Waals surface area contributed by atoms with E-state index in [-0.39, 0.29) is 11.6 Å². The van der Waals surface area contributed by atoms with Gasteiger partial charge in [0.15, 0.2) is 0 Å². The van der Waals surface area contributed by atoms with Gasteiger partial charge in [-0.25, -0.2) is 0 Å². The number of piperazine rings is 1. The van der Waals surface area contributed by atoms with Gasteiger partial charge in [-0.15, -0.1) is 0 Å². The maximum Gasteiger partial charge on any atom is 0.248 e. The van der Waals surface area contributed by atoms with E-state index in [1.165, 1.54) is 0 Å². The van der Waals surface area contributed by atoms with Crippen molar-refractivity contribution in [2.45, 2.75) is 6.04 Å². The van der Waals surface area contributed by atoms with E-state index in [2.05, 4.69) is 22.2 Å². The van der Waals surface area contributed by atoms with Crippen molar-refractivity contribution in [2.24, 2.45) is 0 Å². The number of hydrogen-bond acceptors (Lipinski definition) is 3. The lowest BCUT2D eigenvalue weighted by Gasteiger charge is -2.30. The Hall–Kier alpha value is -1.13. The average molecular weight is 193 g/mol. The maximum atomic E-state index is 11.1. The molecule has 1 saturated heterocycles. The molecule has 1 aliphatic heterocycles. The number of rotatable bonds is 1. The molecule has 0 spiro atoms. The summed E-state index contributed by atoms with van der Waals surface area (Å²) in [4.78, 5) is 16.0. The molecule has 4 nitrogen and oxygen atoms in total. The van der Waals surface area contributed by atoms with Gasteiger partial charge in [-0.05, 0) is 18.7 Å². The molecule has 1 aromatic heterocycles. The SMILES string of the molecule is CN1CCNC(c2cc[nH]c(=O)c2)C1. The lowest BCUT2D eigenvalue weighted by atomic mass is 10.1. The molecule has 1 atom stereocenters. The van der Waals surface area contributed by atoms with Crippen molar-refractivity contribution < 1.29 is 0 Å². The first-order chi connectivity index (χ1) is 6.75. The first kappa shape index (κ1) is 9.43. The van der Waals surface area contributed by atoms with Crippen LogP contribution in [0.1, 0.15) is 11.6 Å². The summed E-state index contributed by atoms with van der Waals surface area (Å²) in [5.74, 6) is 0. The topological polar surface area (TPSA) is 48.1 Å². The lowest BCUT2D eigenvalue weighted by molar-refractivity contribution is 0.240. The van der Waals surface area contributed by atoms with Gasteiger partial charge in [0.25, 0.3) is 0 Å². The summed E-state index contributed by atoms with van der Waals surface area (Å²) in [6.07, 6.45) is 1.70. The second-order valence-corrected chi connectivity index (χ2v) is 3.76. The zero-order chi connectivity index (χ0) is 9.97. The number of nitrogens with one attached hydrogen (secondary N) is 2. The van der Waals surface area contributed by atoms with Crippen molar-refractivity contribution >= 4 is 0 Å². The molecule has 0 amide bonds. The third-order valence-corrected chi connectivity index (χ3v) is 2.58. The number of aromatic amines is 1. The number of aromatic nitrogens is 1. The van der Waals surface area contributed by atoms with Crippen molar-refractivity contribution in [3.63, 3.8) is 0 Å². The average Bonchev–Trinajstić information content (AvgIpc) is 2.18. The van der Waals surface area contributed by atoms with Crippen LogP contribution in [0.3, 0.4) is 0 Å². The van der Waals surface area contributed by atoms with Gasteiger partial charge >= 0.3 is 0 Å². The Balaban J connectivity index is 2.18. The maximum absolute atomic E-state index is 11.1. The summed E-state index contributed by atoms with van der Waals surface area (Å²) in [5.41, 5.74) is 1.04. The largest absolute Gasteiger partial charge is 0.329 e. The van der Waals surface area contributed by atoms with Crippen LogP contribution in [0.25, 0.3) is 0 Å². The van der Waals surface area contributed by atoms with Crippen LogP contribution in [-0.2, 0) is 0 Å². The van der Waals surface area contributed by atoms with Crippen LogP contribution in [0.4, 0.5) is 0 Å². The predicted molar refractivity (Wildman–Crippen MR) is 55.3 cm³/mol. The van der Waals surface area contributed by atoms with Crippen molar-refractivity contribution in [3.05, 3.63) is 34.2 Å². The molecule has 0 aliphatic carbocycles. The molecule has 1 aliphatic rings. The van der Waals surface area contributed by atoms with E-state index in [1.807, 2.05) is 6.07 Å². The third-order valence-electron chi connectivity index (χ3n) is 2.58. The van der Waals surface area contributed by atoms with Crippen LogP contribution in [-0.4, -0.2) is 36.6 Å². The van der Waals surface area contributed by atoms with Gasteiger partial charge in [-0.3, -0.25) is 4.79 Å². The fourth-order valence-corrected chi connectivity index (χ4v) is 1.80. The van der Waals surface area contributed by atoms with E-state index < -0.39 is 0 Å². The minimum absolute atomic E-state index is 0.0301. The van der Waals surface area contributed by atoms with Crippen LogP contribution in [0.15, 0.2) is 23.1 Å². The number of hydrogen-bond donors (Lipinski definition) is 2. The summed E-state index contributed by atoms with van der Waals surface area (Å²) in [6.45, 7) is 3.01. The van der Waals surface area contributed by atoms with Gasteiger partial charge in [-0.2, -0.15) is 0 Å². The van der Waals surface area contributed by atoms with Crippen molar-refractivity contribution in [2.75, 3.05) is 26.7 Å². The standard InChI is InChI=1S/C10H15N3O/c1-13-5-4-11-9(7-13)8-2-3-12-10(14)6-8/h2-3,6,9,11H,4-5,7H2,1H3,(H,12,14). The van der Waals surface area contributed by atoms with E-state index in [1.54, 1.807) is 12.3 Å². The molecule has 0 saturated carbocycles. The first-order valence-electron chi connectivity index (χ1n) is 4.86. The summed E-state index contributed by atoms with van der Waals surface area (Å²) >= 11 is 0. The second kappa shape index (κ2) is 3.94. The Morgan fingerprint density at radius 1 is 1.57 bits per heavy atom. The van der Waals surface area contributed by atoms with Crippen LogP contribution in [0, 0.1) is 0 Å². The van der Waals surface area contributed by atoms with E-state index in [0.29, 0.717) is 0 Å². The number of likely N-dealkylation sites (N-methyl/N-ethyl adjacent to an activating group) is 1. The zero-order valence-electron chi connectivity index (χ0n) is 8.29. The highest BCUT2D eigenvalue weighted by Crippen LogP contribution is 2.13. The molecule has 4 heteroatoms. The molecule has 0 aromatic carbocycles. The van der Waals surface area contributed by atoms with Gasteiger partial charge in [0, 0.05) is 37.9 Å². The highest BCUT2D eigenvalue weighted by Gasteiger charge is 2.17. The number of nitrogens with zero attached hydrogens (tertiary/aromatic N) is 1. The molecule has 0 radical (unpaired) electrons. The Kier molecular flexibility index (Phi) is 2.65. The molecule has 2 rings (SSSR count). The van der Waals surface area contributed by atoms with Gasteiger partial charge in [0.2, 0.25) is 5.56 Å². The molecule has 76 valence electrons. The fraction of sp³-hybridized carbons (Fsp3) is 0.500. The Bertz CT molecular complexity index is 360. The lowest BCUT2D eigenvalue weighted by Crippen LogP contribution is -2.43. The monoisotopic (exact) mass is 193 g/mol. The molecule has 1 unspecified atom stereocenters. The quantitative estimate of drug-likeness (QED) is 0.657. The van der Waals surface area contributed by atoms with E-state index in [0.717, 1.165) is 25.2 Å². The van der Waals surface area contributed by atoms with Gasteiger partial charge in [-0.1, -0.05) is 0 Å². The molecular weight excluding hydrogens is 178 g/mol. The number of H-pyrrole nitrogens is 1. The van der Waals surface area contributed by atoms with Gasteiger partial charge in [0.1, 0.15) is 0 Å². The van der Waals surface area contributed by atoms with Crippen LogP contribution >= 0.6 is 0 Å². The van der Waals surface area contributed by atoms with E-state index in [9.17, 15) is 4.79 Å². The second-order valence-electron chi connectivity index (χ2n) is 3.76. The van der Waals surface area contributed by atoms with Crippen molar-refractivity contribution in [1.29, 1.82) is 0 Å². The van der Waals surface area contributed by atoms with Gasteiger partial charge in [0.05, 0.1) is 0 Å². The van der Waals surface area contributed by atoms with E-state index in [4.69, 9.17) is 0 Å². The van der Waals surface area contributed by atoms with Crippen molar-refractivity contribution in [1.82, 2.24) is 15.2 Å². The minimum atomic E-state index is -0.0301. The van der Waals surface area contributed by atoms with Crippen LogP contribution in [0.2, 0.25) is 0 Å². The summed E-state index contributed by atoms with van der Waals surface area (Å²) in [7, 11) is 2.10. The predicted octanol–water partition coefficient (Wildman–Crippen LogP) is -0.0490. The Morgan fingerprint density at radius 2 is 2.43 bits per heavy atom. The summed E-state index contributed by atoms with van der Waals surface area (Å²) in [6, 6.07) is 3.91. The summed E-state index contributed by atoms with van der Waals surface area (Å²) < 4.78 is 0. The molecule has 1 fully saturated rings. The Morgan fingerprint density at radius 3 is 3.14 bits per heavy atom. The van der Waals surface area contributed by atoms with Crippen LogP contribution < -0.4 is 10.9 Å². The third kappa shape index (κ3) is 2.02. The fourth-order valence-electron chi connectivity index (χ4n) is 1.80. The molecule has 1 aromatic rings. The Labute approximate surface area is 82.9 Å². The smallest absolute Gasteiger partial charge is 0.248 e. The van der Waals surface area contributed by atoms with Crippen molar-refractivity contribution in [3.8, 4) is 0 Å². The zero-order valence-corrected chi connectivity index (χ0v) is 8.29. The first-order valence-corrected chi connectivity index (χ1v) is 4.86. The van der Waals surface area contributed by atoms with Crippen LogP contribution in [0.5, 0.6) is 0 Å². The minimum Gasteiger partial charge on any atom is -0.329 e. The molecule has 2 heterocycles. The highest BCUT2D eigenvalue weighted by molar-refractivity contribution is 5.16. The molecule has 14 heavy (non-hydrogen) atoms. The number of pyridine rings is 1. The summed E-state index contributed by atoms with van der Waals surface area (Å²) in [5, 5.41) is 3.40. The molecule has 0 bridgehead atoms. The molecule has 2 N–H and O–H groups in total. The van der Waals surface area contributed by atoms with Gasteiger partial charge < -0.3 is 15.2 Å². The van der Waals surface area contributed by atoms with E-state index >= 15 is 0 Å². The highest BCUT2D eigenvalue weighted by atomic mass is 16.1. The molecular formula is C10H15N3O.